The smallest absolute Gasteiger partial charge is 0.242 e. The maximum absolute atomic E-state index is 11.8. The molecule has 8 heteroatoms. The van der Waals surface area contributed by atoms with Crippen LogP contribution in [0.3, 0.4) is 0 Å². The van der Waals surface area contributed by atoms with Gasteiger partial charge in [0.05, 0.1) is 0 Å². The Morgan fingerprint density at radius 2 is 1.90 bits per heavy atom. The van der Waals surface area contributed by atoms with Crippen LogP contribution in [-0.2, 0) is 4.79 Å². The lowest BCUT2D eigenvalue weighted by Crippen LogP contribution is -2.38. The number of hydrogen-bond acceptors (Lipinski definition) is 6. The van der Waals surface area contributed by atoms with Crippen molar-refractivity contribution in [3.63, 3.8) is 0 Å². The van der Waals surface area contributed by atoms with Crippen LogP contribution in [0.5, 0.6) is 0 Å². The molecular weight excluding hydrogens is 292 g/mol. The topological polar surface area (TPSA) is 83.0 Å². The number of halogens is 1. The number of aromatic nitrogens is 3. The fourth-order valence-corrected chi connectivity index (χ4v) is 1.87. The molecule has 1 atom stereocenters. The molecule has 0 aliphatic carbocycles. The highest BCUT2D eigenvalue weighted by Gasteiger charge is 2.15. The van der Waals surface area contributed by atoms with E-state index in [0.717, 1.165) is 19.5 Å². The van der Waals surface area contributed by atoms with Crippen molar-refractivity contribution < 1.29 is 4.79 Å². The van der Waals surface area contributed by atoms with E-state index in [4.69, 9.17) is 11.6 Å². The summed E-state index contributed by atoms with van der Waals surface area (Å²) >= 11 is 5.93. The molecule has 1 aromatic rings. The number of nitrogens with one attached hydrogen (secondary N) is 2. The van der Waals surface area contributed by atoms with Gasteiger partial charge in [0.25, 0.3) is 0 Å². The molecule has 0 bridgehead atoms. The highest BCUT2D eigenvalue weighted by Crippen LogP contribution is 2.14. The van der Waals surface area contributed by atoms with E-state index in [2.05, 4.69) is 25.6 Å². The van der Waals surface area contributed by atoms with Gasteiger partial charge in [-0.2, -0.15) is 15.0 Å². The van der Waals surface area contributed by atoms with E-state index in [1.807, 2.05) is 25.7 Å². The first-order chi connectivity index (χ1) is 10.0. The number of amides is 1. The molecule has 0 fully saturated rings. The van der Waals surface area contributed by atoms with Gasteiger partial charge in [-0.15, -0.1) is 0 Å². The Kier molecular flexibility index (Phi) is 7.14. The Bertz CT molecular complexity index is 466. The zero-order chi connectivity index (χ0) is 15.8. The molecule has 21 heavy (non-hydrogen) atoms. The number of nitrogens with zero attached hydrogens (tertiary/aromatic N) is 4. The molecule has 1 unspecified atom stereocenters. The van der Waals surface area contributed by atoms with Crippen LogP contribution in [0.2, 0.25) is 5.28 Å². The normalized spacial score (nSPS) is 11.9. The molecule has 1 heterocycles. The van der Waals surface area contributed by atoms with Crippen molar-refractivity contribution in [2.75, 3.05) is 29.9 Å². The molecular formula is C13H23ClN6O. The van der Waals surface area contributed by atoms with Crippen molar-refractivity contribution in [1.82, 2.24) is 20.3 Å². The van der Waals surface area contributed by atoms with E-state index in [1.54, 1.807) is 6.92 Å². The summed E-state index contributed by atoms with van der Waals surface area (Å²) < 4.78 is 0. The van der Waals surface area contributed by atoms with Crippen molar-refractivity contribution in [3.8, 4) is 0 Å². The zero-order valence-electron chi connectivity index (χ0n) is 13.0. The SMILES string of the molecule is CCCNC(=O)C(C)Nc1nc(Cl)nc(N(CC)CC)n1. The molecule has 0 radical (unpaired) electrons. The summed E-state index contributed by atoms with van der Waals surface area (Å²) in [6, 6.07) is -0.445. The van der Waals surface area contributed by atoms with Crippen LogP contribution in [0, 0.1) is 0 Å². The van der Waals surface area contributed by atoms with Crippen LogP contribution in [-0.4, -0.2) is 46.5 Å². The molecule has 0 aromatic carbocycles. The first kappa shape index (κ1) is 17.4. The Hall–Kier alpha value is -1.63. The second-order valence-electron chi connectivity index (χ2n) is 4.56. The van der Waals surface area contributed by atoms with Gasteiger partial charge in [0.1, 0.15) is 6.04 Å². The summed E-state index contributed by atoms with van der Waals surface area (Å²) in [6.45, 7) is 9.95. The Labute approximate surface area is 130 Å². The van der Waals surface area contributed by atoms with E-state index in [1.165, 1.54) is 0 Å². The predicted molar refractivity (Wildman–Crippen MR) is 84.8 cm³/mol. The Morgan fingerprint density at radius 3 is 2.48 bits per heavy atom. The summed E-state index contributed by atoms with van der Waals surface area (Å²) in [7, 11) is 0. The molecule has 7 nitrogen and oxygen atoms in total. The standard InChI is InChI=1S/C13H23ClN6O/c1-5-8-15-10(21)9(4)16-12-17-11(14)18-13(19-12)20(6-2)7-3/h9H,5-8H2,1-4H3,(H,15,21)(H,16,17,18,19). The first-order valence-electron chi connectivity index (χ1n) is 7.22. The lowest BCUT2D eigenvalue weighted by molar-refractivity contribution is -0.121. The first-order valence-corrected chi connectivity index (χ1v) is 7.60. The van der Waals surface area contributed by atoms with Gasteiger partial charge in [-0.3, -0.25) is 4.79 Å². The summed E-state index contributed by atoms with van der Waals surface area (Å²) in [5.74, 6) is 0.706. The fraction of sp³-hybridized carbons (Fsp3) is 0.692. The van der Waals surface area contributed by atoms with Crippen LogP contribution in [0.4, 0.5) is 11.9 Å². The van der Waals surface area contributed by atoms with E-state index < -0.39 is 6.04 Å². The van der Waals surface area contributed by atoms with Gasteiger partial charge in [-0.1, -0.05) is 6.92 Å². The second-order valence-corrected chi connectivity index (χ2v) is 4.90. The highest BCUT2D eigenvalue weighted by atomic mass is 35.5. The molecule has 118 valence electrons. The summed E-state index contributed by atoms with van der Waals surface area (Å²) in [4.78, 5) is 26.2. The minimum atomic E-state index is -0.445. The van der Waals surface area contributed by atoms with Crippen molar-refractivity contribution in [2.45, 2.75) is 40.2 Å². The summed E-state index contributed by atoms with van der Waals surface area (Å²) in [5, 5.41) is 5.87. The van der Waals surface area contributed by atoms with E-state index in [0.29, 0.717) is 18.4 Å². The number of rotatable bonds is 8. The van der Waals surface area contributed by atoms with Gasteiger partial charge in [-0.25, -0.2) is 0 Å². The third kappa shape index (κ3) is 5.34. The molecule has 1 amide bonds. The van der Waals surface area contributed by atoms with Crippen LogP contribution >= 0.6 is 11.6 Å². The lowest BCUT2D eigenvalue weighted by atomic mass is 10.3. The monoisotopic (exact) mass is 314 g/mol. The van der Waals surface area contributed by atoms with Crippen LogP contribution in [0.15, 0.2) is 0 Å². The fourth-order valence-electron chi connectivity index (χ4n) is 1.71. The Balaban J connectivity index is 2.81. The highest BCUT2D eigenvalue weighted by molar-refractivity contribution is 6.28. The number of anilines is 2. The lowest BCUT2D eigenvalue weighted by Gasteiger charge is -2.19. The second kappa shape index (κ2) is 8.61. The molecule has 0 saturated carbocycles. The average Bonchev–Trinajstić information content (AvgIpc) is 2.45. The van der Waals surface area contributed by atoms with Gasteiger partial charge >= 0.3 is 0 Å². The van der Waals surface area contributed by atoms with Gasteiger partial charge in [-0.05, 0) is 38.8 Å². The maximum atomic E-state index is 11.8. The van der Waals surface area contributed by atoms with Gasteiger partial charge in [0.2, 0.25) is 23.1 Å². The van der Waals surface area contributed by atoms with Crippen LogP contribution < -0.4 is 15.5 Å². The average molecular weight is 315 g/mol. The molecule has 1 aromatic heterocycles. The molecule has 0 aliphatic rings. The van der Waals surface area contributed by atoms with Gasteiger partial charge in [0, 0.05) is 19.6 Å². The van der Waals surface area contributed by atoms with E-state index in [-0.39, 0.29) is 11.2 Å². The minimum absolute atomic E-state index is 0.0993. The van der Waals surface area contributed by atoms with Crippen molar-refractivity contribution in [2.24, 2.45) is 0 Å². The summed E-state index contributed by atoms with van der Waals surface area (Å²) in [6.07, 6.45) is 0.891. The van der Waals surface area contributed by atoms with E-state index in [9.17, 15) is 4.79 Å². The number of hydrogen-bond donors (Lipinski definition) is 2. The minimum Gasteiger partial charge on any atom is -0.354 e. The van der Waals surface area contributed by atoms with Gasteiger partial charge < -0.3 is 15.5 Å². The quantitative estimate of drug-likeness (QED) is 0.760. The predicted octanol–water partition coefficient (Wildman–Crippen LogP) is 1.70. The van der Waals surface area contributed by atoms with Crippen molar-refractivity contribution in [1.29, 1.82) is 0 Å². The maximum Gasteiger partial charge on any atom is 0.242 e. The third-order valence-corrected chi connectivity index (χ3v) is 3.10. The van der Waals surface area contributed by atoms with Crippen LogP contribution in [0.1, 0.15) is 34.1 Å². The largest absolute Gasteiger partial charge is 0.354 e. The number of carbonyl (C=O) groups excluding carboxylic acids is 1. The summed E-state index contributed by atoms with van der Waals surface area (Å²) in [5.41, 5.74) is 0. The number of carbonyl (C=O) groups is 1. The van der Waals surface area contributed by atoms with Crippen molar-refractivity contribution >= 4 is 29.4 Å². The van der Waals surface area contributed by atoms with Crippen LogP contribution in [0.25, 0.3) is 0 Å². The van der Waals surface area contributed by atoms with Crippen molar-refractivity contribution in [3.05, 3.63) is 5.28 Å². The van der Waals surface area contributed by atoms with Gasteiger partial charge in [0.15, 0.2) is 0 Å². The molecule has 0 spiro atoms. The third-order valence-electron chi connectivity index (χ3n) is 2.93. The zero-order valence-corrected chi connectivity index (χ0v) is 13.7. The molecule has 0 aliphatic heterocycles. The molecule has 2 N–H and O–H groups in total. The molecule has 1 rings (SSSR count). The van der Waals surface area contributed by atoms with E-state index >= 15 is 0 Å². The Morgan fingerprint density at radius 1 is 1.24 bits per heavy atom. The molecule has 0 saturated heterocycles.